The SMILES string of the molecule is O=C(Oc1cccc(N2C(=O)C3C4C=CC(C4)C3C2=O)c1)c1ccc(Cl)cc1. The van der Waals surface area contributed by atoms with E-state index in [9.17, 15) is 14.4 Å². The number of imide groups is 1. The van der Waals surface area contributed by atoms with Crippen molar-refractivity contribution in [3.05, 3.63) is 71.3 Å². The van der Waals surface area contributed by atoms with E-state index in [4.69, 9.17) is 16.3 Å². The topological polar surface area (TPSA) is 63.7 Å². The smallest absolute Gasteiger partial charge is 0.343 e. The second kappa shape index (κ2) is 6.31. The molecular weight excluding hydrogens is 378 g/mol. The van der Waals surface area contributed by atoms with Gasteiger partial charge in [-0.2, -0.15) is 0 Å². The van der Waals surface area contributed by atoms with Crippen LogP contribution in [0.5, 0.6) is 5.75 Å². The Hall–Kier alpha value is -2.92. The van der Waals surface area contributed by atoms with Gasteiger partial charge in [-0.25, -0.2) is 9.69 Å². The van der Waals surface area contributed by atoms with Gasteiger partial charge in [-0.05, 0) is 54.7 Å². The quantitative estimate of drug-likeness (QED) is 0.343. The van der Waals surface area contributed by atoms with E-state index in [2.05, 4.69) is 12.2 Å². The monoisotopic (exact) mass is 393 g/mol. The summed E-state index contributed by atoms with van der Waals surface area (Å²) in [5.41, 5.74) is 0.797. The number of hydrogen-bond donors (Lipinski definition) is 0. The summed E-state index contributed by atoms with van der Waals surface area (Å²) in [6.07, 6.45) is 5.01. The zero-order valence-corrected chi connectivity index (χ0v) is 15.5. The van der Waals surface area contributed by atoms with Crippen molar-refractivity contribution >= 4 is 35.1 Å². The summed E-state index contributed by atoms with van der Waals surface area (Å²) in [7, 11) is 0. The molecule has 2 amide bonds. The van der Waals surface area contributed by atoms with Crippen molar-refractivity contribution in [2.24, 2.45) is 23.7 Å². The lowest BCUT2D eigenvalue weighted by Gasteiger charge is -2.18. The molecule has 1 aliphatic heterocycles. The fraction of sp³-hybridized carbons (Fsp3) is 0.227. The van der Waals surface area contributed by atoms with Crippen molar-refractivity contribution < 1.29 is 19.1 Å². The van der Waals surface area contributed by atoms with Crippen LogP contribution in [0.25, 0.3) is 0 Å². The molecule has 2 fully saturated rings. The molecule has 4 unspecified atom stereocenters. The van der Waals surface area contributed by atoms with E-state index in [0.717, 1.165) is 6.42 Å². The fourth-order valence-corrected chi connectivity index (χ4v) is 4.72. The summed E-state index contributed by atoms with van der Waals surface area (Å²) in [4.78, 5) is 39.4. The average molecular weight is 394 g/mol. The zero-order chi connectivity index (χ0) is 19.4. The van der Waals surface area contributed by atoms with E-state index in [1.54, 1.807) is 48.5 Å². The number of anilines is 1. The van der Waals surface area contributed by atoms with E-state index in [1.807, 2.05) is 0 Å². The van der Waals surface area contributed by atoms with Gasteiger partial charge in [0.15, 0.2) is 0 Å². The Labute approximate surface area is 166 Å². The van der Waals surface area contributed by atoms with Gasteiger partial charge in [0.05, 0.1) is 23.1 Å². The Morgan fingerprint density at radius 2 is 1.61 bits per heavy atom. The van der Waals surface area contributed by atoms with Crippen molar-refractivity contribution in [3.8, 4) is 5.75 Å². The number of nitrogens with zero attached hydrogens (tertiary/aromatic N) is 1. The Bertz CT molecular complexity index is 999. The van der Waals surface area contributed by atoms with Crippen LogP contribution in [0.3, 0.4) is 0 Å². The highest BCUT2D eigenvalue weighted by Gasteiger charge is 2.59. The molecule has 3 aliphatic rings. The maximum absolute atomic E-state index is 12.9. The standard InChI is InChI=1S/C22H16ClNO4/c23-15-8-6-12(7-9-15)22(27)28-17-3-1-2-16(11-17)24-20(25)18-13-4-5-14(10-13)19(18)21(24)26/h1-9,11,13-14,18-19H,10H2. The molecule has 0 N–H and O–H groups in total. The molecule has 2 aliphatic carbocycles. The first-order valence-corrected chi connectivity index (χ1v) is 9.54. The molecule has 0 aromatic heterocycles. The molecule has 0 radical (unpaired) electrons. The highest BCUT2D eigenvalue weighted by molar-refractivity contribution is 6.30. The summed E-state index contributed by atoms with van der Waals surface area (Å²) >= 11 is 5.84. The number of rotatable bonds is 3. The van der Waals surface area contributed by atoms with Crippen LogP contribution in [0.4, 0.5) is 5.69 Å². The molecule has 2 aromatic rings. The summed E-state index contributed by atoms with van der Waals surface area (Å²) < 4.78 is 5.42. The highest BCUT2D eigenvalue weighted by atomic mass is 35.5. The number of allylic oxidation sites excluding steroid dienone is 2. The summed E-state index contributed by atoms with van der Waals surface area (Å²) in [5, 5.41) is 0.526. The van der Waals surface area contributed by atoms with Crippen LogP contribution in [0, 0.1) is 23.7 Å². The fourth-order valence-electron chi connectivity index (χ4n) is 4.59. The minimum Gasteiger partial charge on any atom is -0.423 e. The lowest BCUT2D eigenvalue weighted by atomic mass is 9.85. The number of carbonyl (C=O) groups excluding carboxylic acids is 3. The van der Waals surface area contributed by atoms with Gasteiger partial charge in [0.25, 0.3) is 0 Å². The van der Waals surface area contributed by atoms with E-state index in [1.165, 1.54) is 4.90 Å². The molecule has 1 heterocycles. The second-order valence-electron chi connectivity index (χ2n) is 7.41. The number of benzene rings is 2. The van der Waals surface area contributed by atoms with Gasteiger partial charge in [-0.15, -0.1) is 0 Å². The molecule has 6 heteroatoms. The predicted octanol–water partition coefficient (Wildman–Crippen LogP) is 3.87. The maximum Gasteiger partial charge on any atom is 0.343 e. The van der Waals surface area contributed by atoms with Crippen LogP contribution in [-0.2, 0) is 9.59 Å². The number of ether oxygens (including phenoxy) is 1. The highest BCUT2D eigenvalue weighted by Crippen LogP contribution is 2.53. The number of esters is 1. The number of amides is 2. The minimum absolute atomic E-state index is 0.155. The van der Waals surface area contributed by atoms with Crippen molar-refractivity contribution in [2.75, 3.05) is 4.90 Å². The Kier molecular flexibility index (Phi) is 3.88. The number of fused-ring (bicyclic) bond motifs is 5. The Morgan fingerprint density at radius 3 is 2.25 bits per heavy atom. The van der Waals surface area contributed by atoms with Gasteiger partial charge in [0.1, 0.15) is 5.75 Å². The first-order chi connectivity index (χ1) is 13.5. The van der Waals surface area contributed by atoms with Crippen LogP contribution in [-0.4, -0.2) is 17.8 Å². The Morgan fingerprint density at radius 1 is 0.964 bits per heavy atom. The first kappa shape index (κ1) is 17.2. The molecule has 5 rings (SSSR count). The molecule has 1 saturated carbocycles. The molecule has 4 atom stereocenters. The Balaban J connectivity index is 1.39. The van der Waals surface area contributed by atoms with Crippen LogP contribution in [0.15, 0.2) is 60.7 Å². The van der Waals surface area contributed by atoms with Crippen molar-refractivity contribution in [1.29, 1.82) is 0 Å². The first-order valence-electron chi connectivity index (χ1n) is 9.17. The summed E-state index contributed by atoms with van der Waals surface area (Å²) in [6.45, 7) is 0. The van der Waals surface area contributed by atoms with E-state index in [0.29, 0.717) is 16.3 Å². The second-order valence-corrected chi connectivity index (χ2v) is 7.84. The third kappa shape index (κ3) is 2.58. The molecule has 5 nitrogen and oxygen atoms in total. The molecule has 0 spiro atoms. The van der Waals surface area contributed by atoms with Gasteiger partial charge in [-0.1, -0.05) is 29.8 Å². The number of hydrogen-bond acceptors (Lipinski definition) is 4. The third-order valence-corrected chi connectivity index (χ3v) is 6.09. The number of carbonyl (C=O) groups is 3. The summed E-state index contributed by atoms with van der Waals surface area (Å²) in [6, 6.07) is 12.9. The van der Waals surface area contributed by atoms with E-state index in [-0.39, 0.29) is 41.2 Å². The predicted molar refractivity (Wildman–Crippen MR) is 103 cm³/mol. The van der Waals surface area contributed by atoms with Crippen LogP contribution in [0.1, 0.15) is 16.8 Å². The molecule has 140 valence electrons. The maximum atomic E-state index is 12.9. The van der Waals surface area contributed by atoms with Gasteiger partial charge in [-0.3, -0.25) is 9.59 Å². The average Bonchev–Trinajstić information content (AvgIpc) is 3.36. The molecule has 2 bridgehead atoms. The summed E-state index contributed by atoms with van der Waals surface area (Å²) in [5.74, 6) is -0.792. The molecule has 1 saturated heterocycles. The van der Waals surface area contributed by atoms with Crippen molar-refractivity contribution in [1.82, 2.24) is 0 Å². The molecule has 2 aromatic carbocycles. The van der Waals surface area contributed by atoms with Crippen molar-refractivity contribution in [2.45, 2.75) is 6.42 Å². The van der Waals surface area contributed by atoms with Crippen LogP contribution in [0.2, 0.25) is 5.02 Å². The minimum atomic E-state index is -0.535. The van der Waals surface area contributed by atoms with Gasteiger partial charge >= 0.3 is 5.97 Å². The normalized spacial score (nSPS) is 27.4. The lowest BCUT2D eigenvalue weighted by molar-refractivity contribution is -0.123. The van der Waals surface area contributed by atoms with E-state index < -0.39 is 5.97 Å². The van der Waals surface area contributed by atoms with Gasteiger partial charge < -0.3 is 4.74 Å². The van der Waals surface area contributed by atoms with Crippen molar-refractivity contribution in [3.63, 3.8) is 0 Å². The van der Waals surface area contributed by atoms with Crippen LogP contribution < -0.4 is 9.64 Å². The zero-order valence-electron chi connectivity index (χ0n) is 14.7. The number of halogens is 1. The van der Waals surface area contributed by atoms with Crippen LogP contribution >= 0.6 is 11.6 Å². The van der Waals surface area contributed by atoms with E-state index >= 15 is 0 Å². The van der Waals surface area contributed by atoms with Gasteiger partial charge in [0.2, 0.25) is 11.8 Å². The molecule has 28 heavy (non-hydrogen) atoms. The largest absolute Gasteiger partial charge is 0.423 e. The molecular formula is C22H16ClNO4. The van der Waals surface area contributed by atoms with Gasteiger partial charge in [0, 0.05) is 11.1 Å². The third-order valence-electron chi connectivity index (χ3n) is 5.84. The lowest BCUT2D eigenvalue weighted by Crippen LogP contribution is -2.32.